The zero-order chi connectivity index (χ0) is 15.5. The molecule has 0 spiro atoms. The monoisotopic (exact) mass is 354 g/mol. The highest BCUT2D eigenvalue weighted by atomic mass is 35.5. The predicted octanol–water partition coefficient (Wildman–Crippen LogP) is 2.83. The van der Waals surface area contributed by atoms with Crippen molar-refractivity contribution >= 4 is 51.9 Å². The lowest BCUT2D eigenvalue weighted by Gasteiger charge is -2.29. The van der Waals surface area contributed by atoms with E-state index in [1.807, 2.05) is 30.3 Å². The van der Waals surface area contributed by atoms with E-state index in [9.17, 15) is 4.79 Å². The molecule has 0 unspecified atom stereocenters. The molecule has 2 aliphatic rings. The zero-order valence-corrected chi connectivity index (χ0v) is 14.2. The van der Waals surface area contributed by atoms with Gasteiger partial charge in [0.2, 0.25) is 0 Å². The Labute approximate surface area is 144 Å². The molecule has 3 rings (SSSR count). The van der Waals surface area contributed by atoms with Crippen molar-refractivity contribution in [3.63, 3.8) is 0 Å². The summed E-state index contributed by atoms with van der Waals surface area (Å²) in [6, 6.07) is 7.39. The van der Waals surface area contributed by atoms with Crippen LogP contribution in [0.4, 0.5) is 0 Å². The summed E-state index contributed by atoms with van der Waals surface area (Å²) in [4.78, 5) is 17.0. The third kappa shape index (κ3) is 3.70. The van der Waals surface area contributed by atoms with E-state index < -0.39 is 0 Å². The van der Waals surface area contributed by atoms with E-state index in [1.165, 1.54) is 11.8 Å². The molecule has 116 valence electrons. The van der Waals surface area contributed by atoms with Gasteiger partial charge in [0.05, 0.1) is 24.8 Å². The third-order valence-corrected chi connectivity index (χ3v) is 5.12. The Balaban J connectivity index is 1.71. The van der Waals surface area contributed by atoms with E-state index in [2.05, 4.69) is 4.90 Å². The maximum atomic E-state index is 12.5. The molecule has 1 aromatic rings. The first kappa shape index (κ1) is 16.0. The van der Waals surface area contributed by atoms with Gasteiger partial charge in [-0.15, -0.1) is 0 Å². The first-order valence-corrected chi connectivity index (χ1v) is 8.55. The number of hydrogen-bond acceptors (Lipinski definition) is 5. The third-order valence-electron chi connectivity index (χ3n) is 3.49. The second-order valence-corrected chi connectivity index (χ2v) is 7.15. The topological polar surface area (TPSA) is 32.8 Å². The minimum Gasteiger partial charge on any atom is -0.379 e. The molecule has 2 heterocycles. The van der Waals surface area contributed by atoms with Crippen LogP contribution >= 0.6 is 35.6 Å². The summed E-state index contributed by atoms with van der Waals surface area (Å²) in [6.45, 7) is 3.59. The average molecular weight is 355 g/mol. The molecule has 0 N–H and O–H groups in total. The van der Waals surface area contributed by atoms with Crippen molar-refractivity contribution in [2.45, 2.75) is 0 Å². The Hall–Kier alpha value is -0.920. The molecule has 0 radical (unpaired) electrons. The molecule has 0 aliphatic carbocycles. The van der Waals surface area contributed by atoms with Gasteiger partial charge in [-0.2, -0.15) is 0 Å². The number of carbonyl (C=O) groups is 1. The van der Waals surface area contributed by atoms with Crippen LogP contribution in [0, 0.1) is 0 Å². The fraction of sp³-hybridized carbons (Fsp3) is 0.333. The van der Waals surface area contributed by atoms with E-state index in [0.29, 0.717) is 34.1 Å². The largest absolute Gasteiger partial charge is 0.379 e. The van der Waals surface area contributed by atoms with Crippen LogP contribution in [-0.4, -0.2) is 53.0 Å². The second-order valence-electron chi connectivity index (χ2n) is 5.03. The molecule has 2 saturated heterocycles. The lowest BCUT2D eigenvalue weighted by atomic mass is 10.2. The second kappa shape index (κ2) is 7.10. The van der Waals surface area contributed by atoms with Crippen molar-refractivity contribution in [1.29, 1.82) is 0 Å². The van der Waals surface area contributed by atoms with Crippen molar-refractivity contribution < 1.29 is 9.53 Å². The number of hydrogen-bond donors (Lipinski definition) is 0. The summed E-state index contributed by atoms with van der Waals surface area (Å²) in [5.74, 6) is -0.0311. The number of thioether (sulfide) groups is 1. The smallest absolute Gasteiger partial charge is 0.267 e. The van der Waals surface area contributed by atoms with E-state index in [0.717, 1.165) is 18.7 Å². The molecule has 1 amide bonds. The molecule has 0 saturated carbocycles. The van der Waals surface area contributed by atoms with Crippen LogP contribution in [0.2, 0.25) is 5.02 Å². The highest BCUT2D eigenvalue weighted by molar-refractivity contribution is 8.26. The summed E-state index contributed by atoms with van der Waals surface area (Å²) in [5, 5.41) is 0.678. The van der Waals surface area contributed by atoms with Crippen LogP contribution in [0.3, 0.4) is 0 Å². The van der Waals surface area contributed by atoms with E-state index >= 15 is 0 Å². The zero-order valence-electron chi connectivity index (χ0n) is 11.8. The number of benzene rings is 1. The number of halogens is 1. The van der Waals surface area contributed by atoms with Gasteiger partial charge in [-0.3, -0.25) is 14.6 Å². The van der Waals surface area contributed by atoms with Crippen molar-refractivity contribution in [3.05, 3.63) is 39.8 Å². The number of nitrogens with zero attached hydrogens (tertiary/aromatic N) is 2. The summed E-state index contributed by atoms with van der Waals surface area (Å²) in [7, 11) is 0. The molecule has 0 atom stereocenters. The van der Waals surface area contributed by atoms with Gasteiger partial charge in [0, 0.05) is 18.1 Å². The van der Waals surface area contributed by atoms with Gasteiger partial charge in [-0.25, -0.2) is 0 Å². The molecule has 0 bridgehead atoms. The van der Waals surface area contributed by atoms with E-state index in [1.54, 1.807) is 4.90 Å². The van der Waals surface area contributed by atoms with Crippen LogP contribution in [0.1, 0.15) is 5.56 Å². The summed E-state index contributed by atoms with van der Waals surface area (Å²) in [5.41, 5.74) is 0.941. The summed E-state index contributed by atoms with van der Waals surface area (Å²) >= 11 is 12.6. The van der Waals surface area contributed by atoms with Crippen molar-refractivity contribution in [3.8, 4) is 0 Å². The van der Waals surface area contributed by atoms with Gasteiger partial charge in [0.25, 0.3) is 5.91 Å². The average Bonchev–Trinajstić information content (AvgIpc) is 2.78. The molecule has 2 aliphatic heterocycles. The van der Waals surface area contributed by atoms with Gasteiger partial charge in [0.15, 0.2) is 0 Å². The molecule has 22 heavy (non-hydrogen) atoms. The van der Waals surface area contributed by atoms with Gasteiger partial charge in [-0.05, 0) is 23.8 Å². The molecule has 7 heteroatoms. The standard InChI is InChI=1S/C15H15ClN2O2S2/c16-12-3-1-11(2-4-12)9-13-14(19)18(15(21)22-13)10-17-5-7-20-8-6-17/h1-4,9H,5-8,10H2. The minimum atomic E-state index is -0.0311. The minimum absolute atomic E-state index is 0.0311. The van der Waals surface area contributed by atoms with E-state index in [-0.39, 0.29) is 5.91 Å². The van der Waals surface area contributed by atoms with Gasteiger partial charge in [-0.1, -0.05) is 47.7 Å². The first-order valence-electron chi connectivity index (χ1n) is 6.94. The van der Waals surface area contributed by atoms with Crippen LogP contribution in [-0.2, 0) is 9.53 Å². The highest BCUT2D eigenvalue weighted by Crippen LogP contribution is 2.32. The molecular formula is C15H15ClN2O2S2. The molecule has 4 nitrogen and oxygen atoms in total. The normalized spacial score (nSPS) is 21.9. The molecule has 2 fully saturated rings. The number of carbonyl (C=O) groups excluding carboxylic acids is 1. The summed E-state index contributed by atoms with van der Waals surface area (Å²) in [6.07, 6.45) is 1.86. The quantitative estimate of drug-likeness (QED) is 0.615. The number of thiocarbonyl (C=S) groups is 1. The fourth-order valence-corrected chi connectivity index (χ4v) is 3.64. The first-order chi connectivity index (χ1) is 10.6. The maximum absolute atomic E-state index is 12.5. The van der Waals surface area contributed by atoms with Crippen LogP contribution < -0.4 is 0 Å². The Morgan fingerprint density at radius 3 is 2.64 bits per heavy atom. The highest BCUT2D eigenvalue weighted by Gasteiger charge is 2.33. The molecule has 1 aromatic carbocycles. The Morgan fingerprint density at radius 1 is 1.27 bits per heavy atom. The predicted molar refractivity (Wildman–Crippen MR) is 93.7 cm³/mol. The summed E-state index contributed by atoms with van der Waals surface area (Å²) < 4.78 is 5.93. The number of amides is 1. The lowest BCUT2D eigenvalue weighted by Crippen LogP contribution is -2.45. The Morgan fingerprint density at radius 2 is 1.95 bits per heavy atom. The van der Waals surface area contributed by atoms with Crippen molar-refractivity contribution in [2.24, 2.45) is 0 Å². The Bertz CT molecular complexity index is 612. The number of rotatable bonds is 3. The Kier molecular flexibility index (Phi) is 5.15. The van der Waals surface area contributed by atoms with Crippen molar-refractivity contribution in [2.75, 3.05) is 33.0 Å². The fourth-order valence-electron chi connectivity index (χ4n) is 2.27. The molecular weight excluding hydrogens is 340 g/mol. The van der Waals surface area contributed by atoms with Gasteiger partial charge in [0.1, 0.15) is 4.32 Å². The van der Waals surface area contributed by atoms with Crippen molar-refractivity contribution in [1.82, 2.24) is 9.80 Å². The maximum Gasteiger partial charge on any atom is 0.267 e. The number of ether oxygens (including phenoxy) is 1. The molecule has 0 aromatic heterocycles. The van der Waals surface area contributed by atoms with E-state index in [4.69, 9.17) is 28.6 Å². The van der Waals surface area contributed by atoms with Gasteiger partial charge < -0.3 is 4.74 Å². The van der Waals surface area contributed by atoms with Crippen LogP contribution in [0.5, 0.6) is 0 Å². The van der Waals surface area contributed by atoms with Crippen LogP contribution in [0.25, 0.3) is 6.08 Å². The van der Waals surface area contributed by atoms with Gasteiger partial charge >= 0.3 is 0 Å². The SMILES string of the molecule is O=C1C(=Cc2ccc(Cl)cc2)SC(=S)N1CN1CCOCC1. The lowest BCUT2D eigenvalue weighted by molar-refractivity contribution is -0.124. The number of morpholine rings is 1. The van der Waals surface area contributed by atoms with Crippen LogP contribution in [0.15, 0.2) is 29.2 Å².